The summed E-state index contributed by atoms with van der Waals surface area (Å²) in [7, 11) is 0. The van der Waals surface area contributed by atoms with Gasteiger partial charge in [0, 0.05) is 12.6 Å². The molecule has 0 aliphatic carbocycles. The van der Waals surface area contributed by atoms with E-state index in [1.54, 1.807) is 19.1 Å². The second-order valence-electron chi connectivity index (χ2n) is 4.53. The van der Waals surface area contributed by atoms with Crippen LogP contribution < -0.4 is 5.32 Å². The van der Waals surface area contributed by atoms with Gasteiger partial charge in [0.1, 0.15) is 5.82 Å². The molecule has 0 saturated carbocycles. The van der Waals surface area contributed by atoms with E-state index in [-0.39, 0.29) is 18.5 Å². The first-order chi connectivity index (χ1) is 9.06. The summed E-state index contributed by atoms with van der Waals surface area (Å²) in [6, 6.07) is 4.45. The van der Waals surface area contributed by atoms with Crippen molar-refractivity contribution >= 4 is 0 Å². The molecule has 0 fully saturated rings. The average Bonchev–Trinajstić information content (AvgIpc) is 2.40. The number of ether oxygens (including phenoxy) is 1. The predicted octanol–water partition coefficient (Wildman–Crippen LogP) is 1.15. The van der Waals surface area contributed by atoms with Crippen molar-refractivity contribution < 1.29 is 19.3 Å². The second-order valence-corrected chi connectivity index (χ2v) is 4.53. The molecule has 0 aliphatic heterocycles. The Morgan fingerprint density at radius 3 is 2.74 bits per heavy atom. The Bertz CT molecular complexity index is 387. The number of halogens is 1. The topological polar surface area (TPSA) is 61.7 Å². The van der Waals surface area contributed by atoms with Crippen LogP contribution in [0.2, 0.25) is 0 Å². The highest BCUT2D eigenvalue weighted by Gasteiger charge is 2.16. The van der Waals surface area contributed by atoms with Crippen LogP contribution in [-0.4, -0.2) is 42.6 Å². The maximum absolute atomic E-state index is 13.2. The van der Waals surface area contributed by atoms with Gasteiger partial charge in [-0.15, -0.1) is 0 Å². The van der Waals surface area contributed by atoms with E-state index in [4.69, 9.17) is 9.84 Å². The molecule has 5 heteroatoms. The Morgan fingerprint density at radius 1 is 1.37 bits per heavy atom. The van der Waals surface area contributed by atoms with Gasteiger partial charge in [0.2, 0.25) is 0 Å². The molecule has 19 heavy (non-hydrogen) atoms. The first-order valence-electron chi connectivity index (χ1n) is 6.42. The third-order valence-corrected chi connectivity index (χ3v) is 2.95. The van der Waals surface area contributed by atoms with Gasteiger partial charge < -0.3 is 20.3 Å². The van der Waals surface area contributed by atoms with Crippen LogP contribution in [0, 0.1) is 12.7 Å². The van der Waals surface area contributed by atoms with E-state index in [9.17, 15) is 9.50 Å². The summed E-state index contributed by atoms with van der Waals surface area (Å²) in [5.74, 6) is -0.269. The zero-order valence-corrected chi connectivity index (χ0v) is 11.4. The fourth-order valence-corrected chi connectivity index (χ4v) is 1.78. The molecule has 3 N–H and O–H groups in total. The quantitative estimate of drug-likeness (QED) is 0.621. The molecular formula is C14H22FNO3. The number of rotatable bonds is 8. The van der Waals surface area contributed by atoms with Crippen molar-refractivity contribution in [2.24, 2.45) is 0 Å². The number of hydrogen-bond acceptors (Lipinski definition) is 4. The molecule has 2 unspecified atom stereocenters. The van der Waals surface area contributed by atoms with E-state index < -0.39 is 6.10 Å². The summed E-state index contributed by atoms with van der Waals surface area (Å²) in [4.78, 5) is 0. The predicted molar refractivity (Wildman–Crippen MR) is 71.5 cm³/mol. The molecule has 1 aromatic rings. The summed E-state index contributed by atoms with van der Waals surface area (Å²) >= 11 is 0. The van der Waals surface area contributed by atoms with Crippen LogP contribution in [0.3, 0.4) is 0 Å². The standard InChI is InChI=1S/C14H22FNO3/c1-10-9-12(3-4-13(10)15)14(18)11(2)16-5-7-19-8-6-17/h3-4,9,11,14,16-18H,5-8H2,1-2H3. The average molecular weight is 271 g/mol. The number of hydrogen-bond donors (Lipinski definition) is 3. The molecule has 2 atom stereocenters. The van der Waals surface area contributed by atoms with Crippen molar-refractivity contribution in [2.75, 3.05) is 26.4 Å². The van der Waals surface area contributed by atoms with Crippen molar-refractivity contribution in [2.45, 2.75) is 26.0 Å². The molecule has 0 aromatic heterocycles. The van der Waals surface area contributed by atoms with Gasteiger partial charge in [0.15, 0.2) is 0 Å². The number of benzene rings is 1. The largest absolute Gasteiger partial charge is 0.394 e. The number of aliphatic hydroxyl groups is 2. The smallest absolute Gasteiger partial charge is 0.126 e. The van der Waals surface area contributed by atoms with Crippen LogP contribution in [0.15, 0.2) is 18.2 Å². The molecule has 0 saturated heterocycles. The van der Waals surface area contributed by atoms with E-state index in [1.165, 1.54) is 6.07 Å². The number of aryl methyl sites for hydroxylation is 1. The molecule has 0 aliphatic rings. The van der Waals surface area contributed by atoms with Crippen LogP contribution >= 0.6 is 0 Å². The van der Waals surface area contributed by atoms with Gasteiger partial charge in [-0.2, -0.15) is 0 Å². The maximum atomic E-state index is 13.2. The Labute approximate surface area is 113 Å². The minimum absolute atomic E-state index is 0.00698. The second kappa shape index (κ2) is 8.22. The van der Waals surface area contributed by atoms with Gasteiger partial charge in [-0.3, -0.25) is 0 Å². The van der Waals surface area contributed by atoms with Crippen LogP contribution in [-0.2, 0) is 4.74 Å². The molecule has 0 spiro atoms. The normalized spacial score (nSPS) is 14.4. The Morgan fingerprint density at radius 2 is 2.11 bits per heavy atom. The first kappa shape index (κ1) is 16.0. The molecule has 4 nitrogen and oxygen atoms in total. The van der Waals surface area contributed by atoms with Gasteiger partial charge in [-0.05, 0) is 31.0 Å². The highest BCUT2D eigenvalue weighted by atomic mass is 19.1. The lowest BCUT2D eigenvalue weighted by molar-refractivity contribution is 0.0849. The Kier molecular flexibility index (Phi) is 6.94. The van der Waals surface area contributed by atoms with Crippen molar-refractivity contribution in [3.63, 3.8) is 0 Å². The lowest BCUT2D eigenvalue weighted by atomic mass is 10.0. The molecule has 0 radical (unpaired) electrons. The number of aliphatic hydroxyl groups excluding tert-OH is 2. The van der Waals surface area contributed by atoms with Gasteiger partial charge in [-0.25, -0.2) is 4.39 Å². The SMILES string of the molecule is Cc1cc(C(O)C(C)NCCOCCO)ccc1F. The van der Waals surface area contributed by atoms with E-state index in [2.05, 4.69) is 5.32 Å². The lowest BCUT2D eigenvalue weighted by Gasteiger charge is -2.21. The lowest BCUT2D eigenvalue weighted by Crippen LogP contribution is -2.34. The third kappa shape index (κ3) is 5.24. The van der Waals surface area contributed by atoms with Gasteiger partial charge in [-0.1, -0.05) is 12.1 Å². The van der Waals surface area contributed by atoms with Crippen LogP contribution in [0.4, 0.5) is 4.39 Å². The van der Waals surface area contributed by atoms with Crippen LogP contribution in [0.1, 0.15) is 24.2 Å². The van der Waals surface area contributed by atoms with Crippen LogP contribution in [0.5, 0.6) is 0 Å². The van der Waals surface area contributed by atoms with Crippen molar-refractivity contribution in [3.05, 3.63) is 35.1 Å². The van der Waals surface area contributed by atoms with Gasteiger partial charge in [0.25, 0.3) is 0 Å². The third-order valence-electron chi connectivity index (χ3n) is 2.95. The molecule has 0 amide bonds. The van der Waals surface area contributed by atoms with Crippen LogP contribution in [0.25, 0.3) is 0 Å². The highest BCUT2D eigenvalue weighted by molar-refractivity contribution is 5.26. The summed E-state index contributed by atoms with van der Waals surface area (Å²) in [6.45, 7) is 4.91. The van der Waals surface area contributed by atoms with Crippen molar-refractivity contribution in [1.29, 1.82) is 0 Å². The summed E-state index contributed by atoms with van der Waals surface area (Å²) in [6.07, 6.45) is -0.697. The fraction of sp³-hybridized carbons (Fsp3) is 0.571. The first-order valence-corrected chi connectivity index (χ1v) is 6.42. The molecule has 0 heterocycles. The summed E-state index contributed by atoms with van der Waals surface area (Å²) in [5, 5.41) is 21.8. The zero-order chi connectivity index (χ0) is 14.3. The maximum Gasteiger partial charge on any atom is 0.126 e. The number of nitrogens with one attached hydrogen (secondary N) is 1. The van der Waals surface area contributed by atoms with Gasteiger partial charge in [0.05, 0.1) is 25.9 Å². The molecule has 1 rings (SSSR count). The highest BCUT2D eigenvalue weighted by Crippen LogP contribution is 2.19. The summed E-state index contributed by atoms with van der Waals surface area (Å²) < 4.78 is 18.3. The minimum Gasteiger partial charge on any atom is -0.394 e. The molecule has 0 bridgehead atoms. The fourth-order valence-electron chi connectivity index (χ4n) is 1.78. The van der Waals surface area contributed by atoms with Crippen molar-refractivity contribution in [1.82, 2.24) is 5.32 Å². The Balaban J connectivity index is 2.42. The van der Waals surface area contributed by atoms with E-state index in [0.717, 1.165) is 0 Å². The Hall–Kier alpha value is -1.01. The zero-order valence-electron chi connectivity index (χ0n) is 11.4. The van der Waals surface area contributed by atoms with E-state index >= 15 is 0 Å². The summed E-state index contributed by atoms with van der Waals surface area (Å²) in [5.41, 5.74) is 1.21. The van der Waals surface area contributed by atoms with E-state index in [1.807, 2.05) is 6.92 Å². The molecular weight excluding hydrogens is 249 g/mol. The van der Waals surface area contributed by atoms with E-state index in [0.29, 0.717) is 30.9 Å². The van der Waals surface area contributed by atoms with Crippen molar-refractivity contribution in [3.8, 4) is 0 Å². The molecule has 1 aromatic carbocycles. The van der Waals surface area contributed by atoms with Gasteiger partial charge >= 0.3 is 0 Å². The monoisotopic (exact) mass is 271 g/mol. The molecule has 108 valence electrons. The minimum atomic E-state index is -0.697.